The molecule has 0 atom stereocenters. The van der Waals surface area contributed by atoms with E-state index in [1.54, 1.807) is 0 Å². The minimum absolute atomic E-state index is 0.303. The Morgan fingerprint density at radius 3 is 2.42 bits per heavy atom. The third kappa shape index (κ3) is 3.26. The van der Waals surface area contributed by atoms with Crippen molar-refractivity contribution in [3.63, 3.8) is 0 Å². The van der Waals surface area contributed by atoms with E-state index in [1.807, 2.05) is 43.3 Å². The SMILES string of the molecule is CCN1CCN(c2nc(C)cc(-c3ccccc3)c2C(=O)O)CC1. The molecule has 0 spiro atoms. The predicted octanol–water partition coefficient (Wildman–Crippen LogP) is 2.90. The molecule has 126 valence electrons. The van der Waals surface area contributed by atoms with E-state index in [9.17, 15) is 9.90 Å². The van der Waals surface area contributed by atoms with E-state index in [2.05, 4.69) is 21.7 Å². The molecule has 1 fully saturated rings. The zero-order chi connectivity index (χ0) is 17.1. The molecule has 1 saturated heterocycles. The van der Waals surface area contributed by atoms with Gasteiger partial charge in [-0.05, 0) is 25.1 Å². The number of nitrogens with zero attached hydrogens (tertiary/aromatic N) is 3. The summed E-state index contributed by atoms with van der Waals surface area (Å²) in [6.45, 7) is 8.58. The Bertz CT molecular complexity index is 723. The predicted molar refractivity (Wildman–Crippen MR) is 95.7 cm³/mol. The molecule has 0 saturated carbocycles. The maximum atomic E-state index is 12.0. The molecule has 0 unspecified atom stereocenters. The van der Waals surface area contributed by atoms with Crippen LogP contribution in [-0.2, 0) is 0 Å². The molecule has 1 N–H and O–H groups in total. The number of anilines is 1. The van der Waals surface area contributed by atoms with E-state index in [0.29, 0.717) is 11.4 Å². The summed E-state index contributed by atoms with van der Waals surface area (Å²) in [5, 5.41) is 9.85. The van der Waals surface area contributed by atoms with Crippen LogP contribution in [0.15, 0.2) is 36.4 Å². The van der Waals surface area contributed by atoms with Gasteiger partial charge >= 0.3 is 5.97 Å². The number of carboxylic acids is 1. The van der Waals surface area contributed by atoms with Crippen molar-refractivity contribution in [2.24, 2.45) is 0 Å². The molecule has 2 heterocycles. The van der Waals surface area contributed by atoms with Gasteiger partial charge in [0.05, 0.1) is 0 Å². The summed E-state index contributed by atoms with van der Waals surface area (Å²) in [5.41, 5.74) is 2.79. The van der Waals surface area contributed by atoms with E-state index >= 15 is 0 Å². The van der Waals surface area contributed by atoms with Crippen LogP contribution >= 0.6 is 0 Å². The summed E-state index contributed by atoms with van der Waals surface area (Å²) in [5.74, 6) is -0.327. The first kappa shape index (κ1) is 16.5. The first-order valence-corrected chi connectivity index (χ1v) is 8.37. The van der Waals surface area contributed by atoms with Crippen molar-refractivity contribution < 1.29 is 9.90 Å². The number of hydrogen-bond donors (Lipinski definition) is 1. The summed E-state index contributed by atoms with van der Waals surface area (Å²) in [6, 6.07) is 11.5. The Kier molecular flexibility index (Phi) is 4.81. The number of hydrogen-bond acceptors (Lipinski definition) is 4. The fourth-order valence-electron chi connectivity index (χ4n) is 3.22. The number of aromatic carboxylic acids is 1. The maximum absolute atomic E-state index is 12.0. The van der Waals surface area contributed by atoms with Crippen molar-refractivity contribution >= 4 is 11.8 Å². The molecule has 0 aliphatic carbocycles. The highest BCUT2D eigenvalue weighted by atomic mass is 16.4. The second kappa shape index (κ2) is 7.01. The number of aryl methyl sites for hydroxylation is 1. The summed E-state index contributed by atoms with van der Waals surface area (Å²) in [6.07, 6.45) is 0. The van der Waals surface area contributed by atoms with Gasteiger partial charge in [-0.1, -0.05) is 37.3 Å². The lowest BCUT2D eigenvalue weighted by Crippen LogP contribution is -2.47. The lowest BCUT2D eigenvalue weighted by Gasteiger charge is -2.35. The second-order valence-electron chi connectivity index (χ2n) is 6.10. The quantitative estimate of drug-likeness (QED) is 0.937. The molecule has 3 rings (SSSR count). The smallest absolute Gasteiger partial charge is 0.340 e. The lowest BCUT2D eigenvalue weighted by atomic mass is 9.99. The highest BCUT2D eigenvalue weighted by Crippen LogP contribution is 2.31. The topological polar surface area (TPSA) is 56.7 Å². The molecule has 1 aliphatic heterocycles. The normalized spacial score (nSPS) is 15.5. The van der Waals surface area contributed by atoms with E-state index in [-0.39, 0.29) is 0 Å². The van der Waals surface area contributed by atoms with Gasteiger partial charge in [-0.3, -0.25) is 0 Å². The molecule has 1 aromatic heterocycles. The third-order valence-corrected chi connectivity index (χ3v) is 4.55. The van der Waals surface area contributed by atoms with Gasteiger partial charge in [0.2, 0.25) is 0 Å². The zero-order valence-electron chi connectivity index (χ0n) is 14.2. The molecular weight excluding hydrogens is 302 g/mol. The van der Waals surface area contributed by atoms with Crippen molar-refractivity contribution in [3.8, 4) is 11.1 Å². The number of pyridine rings is 1. The van der Waals surface area contributed by atoms with Crippen molar-refractivity contribution in [2.45, 2.75) is 13.8 Å². The lowest BCUT2D eigenvalue weighted by molar-refractivity contribution is 0.0698. The average molecular weight is 325 g/mol. The number of rotatable bonds is 4. The summed E-state index contributed by atoms with van der Waals surface area (Å²) in [4.78, 5) is 21.1. The third-order valence-electron chi connectivity index (χ3n) is 4.55. The van der Waals surface area contributed by atoms with Gasteiger partial charge in [-0.25, -0.2) is 9.78 Å². The Morgan fingerprint density at radius 1 is 1.17 bits per heavy atom. The molecule has 24 heavy (non-hydrogen) atoms. The fourth-order valence-corrected chi connectivity index (χ4v) is 3.22. The minimum atomic E-state index is -0.922. The van der Waals surface area contributed by atoms with Gasteiger partial charge in [-0.15, -0.1) is 0 Å². The number of aromatic nitrogens is 1. The highest BCUT2D eigenvalue weighted by molar-refractivity contribution is 6.01. The van der Waals surface area contributed by atoms with Gasteiger partial charge in [0, 0.05) is 37.4 Å². The van der Waals surface area contributed by atoms with Crippen LogP contribution in [-0.4, -0.2) is 53.7 Å². The number of carbonyl (C=O) groups is 1. The van der Waals surface area contributed by atoms with Gasteiger partial charge in [0.1, 0.15) is 11.4 Å². The molecule has 0 bridgehead atoms. The molecular formula is C19H23N3O2. The van der Waals surface area contributed by atoms with Crippen LogP contribution in [0.2, 0.25) is 0 Å². The van der Waals surface area contributed by atoms with Crippen LogP contribution in [0.5, 0.6) is 0 Å². The summed E-state index contributed by atoms with van der Waals surface area (Å²) < 4.78 is 0. The summed E-state index contributed by atoms with van der Waals surface area (Å²) in [7, 11) is 0. The van der Waals surface area contributed by atoms with Crippen molar-refractivity contribution in [3.05, 3.63) is 47.7 Å². The summed E-state index contributed by atoms with van der Waals surface area (Å²) >= 11 is 0. The number of benzene rings is 1. The monoisotopic (exact) mass is 325 g/mol. The number of carboxylic acid groups (broad SMARTS) is 1. The molecule has 1 aliphatic rings. The van der Waals surface area contributed by atoms with Gasteiger partial charge in [-0.2, -0.15) is 0 Å². The minimum Gasteiger partial charge on any atom is -0.478 e. The zero-order valence-corrected chi connectivity index (χ0v) is 14.2. The van der Waals surface area contributed by atoms with E-state index in [4.69, 9.17) is 0 Å². The van der Waals surface area contributed by atoms with Crippen LogP contribution in [0.3, 0.4) is 0 Å². The number of likely N-dealkylation sites (N-methyl/N-ethyl adjacent to an activating group) is 1. The molecule has 5 nitrogen and oxygen atoms in total. The van der Waals surface area contributed by atoms with Crippen LogP contribution in [0.25, 0.3) is 11.1 Å². The first-order valence-electron chi connectivity index (χ1n) is 8.37. The molecule has 0 radical (unpaired) electrons. The van der Waals surface area contributed by atoms with E-state index in [0.717, 1.165) is 49.5 Å². The van der Waals surface area contributed by atoms with Crippen LogP contribution < -0.4 is 4.90 Å². The van der Waals surface area contributed by atoms with Crippen LogP contribution in [0.1, 0.15) is 23.0 Å². The Labute approximate surface area is 142 Å². The van der Waals surface area contributed by atoms with Crippen LogP contribution in [0.4, 0.5) is 5.82 Å². The Morgan fingerprint density at radius 2 is 1.83 bits per heavy atom. The second-order valence-corrected chi connectivity index (χ2v) is 6.10. The molecule has 2 aromatic rings. The first-order chi connectivity index (χ1) is 11.6. The number of piperazine rings is 1. The highest BCUT2D eigenvalue weighted by Gasteiger charge is 2.25. The largest absolute Gasteiger partial charge is 0.478 e. The standard InChI is InChI=1S/C19H23N3O2/c1-3-21-9-11-22(12-10-21)18-17(19(23)24)16(13-14(2)20-18)15-7-5-4-6-8-15/h4-8,13H,3,9-12H2,1-2H3,(H,23,24). The van der Waals surface area contributed by atoms with Crippen molar-refractivity contribution in [1.29, 1.82) is 0 Å². The Hall–Kier alpha value is -2.40. The van der Waals surface area contributed by atoms with Gasteiger partial charge < -0.3 is 14.9 Å². The van der Waals surface area contributed by atoms with E-state index < -0.39 is 5.97 Å². The van der Waals surface area contributed by atoms with Crippen LogP contribution in [0, 0.1) is 6.92 Å². The van der Waals surface area contributed by atoms with Crippen molar-refractivity contribution in [1.82, 2.24) is 9.88 Å². The van der Waals surface area contributed by atoms with E-state index in [1.165, 1.54) is 0 Å². The van der Waals surface area contributed by atoms with Crippen molar-refractivity contribution in [2.75, 3.05) is 37.6 Å². The van der Waals surface area contributed by atoms with Gasteiger partial charge in [0.25, 0.3) is 0 Å². The maximum Gasteiger partial charge on any atom is 0.340 e. The van der Waals surface area contributed by atoms with Gasteiger partial charge in [0.15, 0.2) is 0 Å². The average Bonchev–Trinajstić information content (AvgIpc) is 2.61. The molecule has 0 amide bonds. The molecule has 5 heteroatoms. The molecule has 1 aromatic carbocycles. The Balaban J connectivity index is 2.06. The fraction of sp³-hybridized carbons (Fsp3) is 0.368.